The van der Waals surface area contributed by atoms with Crippen molar-refractivity contribution in [2.45, 2.75) is 4.90 Å². The maximum Gasteiger partial charge on any atom is 0.289 e. The van der Waals surface area contributed by atoms with Gasteiger partial charge < -0.3 is 4.90 Å². The Morgan fingerprint density at radius 3 is 2.28 bits per heavy atom. The third-order valence-electron chi connectivity index (χ3n) is 4.45. The van der Waals surface area contributed by atoms with Crippen molar-refractivity contribution in [1.82, 2.24) is 9.21 Å². The third kappa shape index (κ3) is 4.07. The normalized spacial score (nSPS) is 15.3. The number of hydrogen-bond acceptors (Lipinski definition) is 5. The van der Waals surface area contributed by atoms with Crippen LogP contribution in [0.4, 0.5) is 14.5 Å². The van der Waals surface area contributed by atoms with Gasteiger partial charge in [0.2, 0.25) is 10.0 Å². The highest BCUT2D eigenvalue weighted by Crippen LogP contribution is 2.28. The van der Waals surface area contributed by atoms with Crippen molar-refractivity contribution in [1.29, 1.82) is 0 Å². The van der Waals surface area contributed by atoms with E-state index < -0.39 is 43.1 Å². The number of benzene rings is 2. The first-order valence-electron chi connectivity index (χ1n) is 8.30. The molecule has 0 spiro atoms. The molecule has 1 fully saturated rings. The molecule has 29 heavy (non-hydrogen) atoms. The maximum absolute atomic E-state index is 13.4. The number of hydrogen-bond donors (Lipinski definition) is 0. The van der Waals surface area contributed by atoms with Crippen LogP contribution >= 0.6 is 11.6 Å². The predicted octanol–water partition coefficient (Wildman–Crippen LogP) is 2.67. The molecule has 1 saturated heterocycles. The summed E-state index contributed by atoms with van der Waals surface area (Å²) in [6, 6.07) is 6.36. The van der Waals surface area contributed by atoms with Crippen LogP contribution in [0.15, 0.2) is 41.3 Å². The SMILES string of the molecule is O=C(c1cc(F)c(F)cc1Cl)N1CCN(S(=O)(=O)c2ccccc2[N+](=O)[O-])CC1. The number of nitrogens with zero attached hydrogens (tertiary/aromatic N) is 3. The molecule has 1 aliphatic rings. The molecule has 12 heteroatoms. The second-order valence-corrected chi connectivity index (χ2v) is 8.48. The summed E-state index contributed by atoms with van der Waals surface area (Å²) < 4.78 is 53.3. The van der Waals surface area contributed by atoms with Crippen molar-refractivity contribution in [2.75, 3.05) is 26.2 Å². The number of sulfonamides is 1. The molecule has 3 rings (SSSR count). The van der Waals surface area contributed by atoms with Crippen molar-refractivity contribution in [3.05, 3.63) is 68.7 Å². The lowest BCUT2D eigenvalue weighted by atomic mass is 10.1. The van der Waals surface area contributed by atoms with Gasteiger partial charge >= 0.3 is 0 Å². The summed E-state index contributed by atoms with van der Waals surface area (Å²) in [5.41, 5.74) is -0.778. The van der Waals surface area contributed by atoms with E-state index in [1.54, 1.807) is 0 Å². The largest absolute Gasteiger partial charge is 0.336 e. The number of carbonyl (C=O) groups is 1. The van der Waals surface area contributed by atoms with Gasteiger partial charge in [0.1, 0.15) is 0 Å². The van der Waals surface area contributed by atoms with Crippen molar-refractivity contribution >= 4 is 33.2 Å². The van der Waals surface area contributed by atoms with E-state index in [1.807, 2.05) is 0 Å². The quantitative estimate of drug-likeness (QED) is 0.409. The van der Waals surface area contributed by atoms with Gasteiger partial charge in [-0.05, 0) is 18.2 Å². The number of piperazine rings is 1. The van der Waals surface area contributed by atoms with Crippen LogP contribution in [0.5, 0.6) is 0 Å². The average Bonchev–Trinajstić information content (AvgIpc) is 2.70. The molecule has 0 aromatic heterocycles. The molecule has 0 saturated carbocycles. The lowest BCUT2D eigenvalue weighted by Crippen LogP contribution is -2.50. The van der Waals surface area contributed by atoms with Gasteiger partial charge in [-0.25, -0.2) is 17.2 Å². The van der Waals surface area contributed by atoms with Gasteiger partial charge in [0.05, 0.1) is 15.5 Å². The van der Waals surface area contributed by atoms with E-state index in [0.29, 0.717) is 12.1 Å². The van der Waals surface area contributed by atoms with E-state index in [2.05, 4.69) is 0 Å². The van der Waals surface area contributed by atoms with Crippen LogP contribution in [0.25, 0.3) is 0 Å². The van der Waals surface area contributed by atoms with Crippen molar-refractivity contribution in [3.8, 4) is 0 Å². The monoisotopic (exact) mass is 445 g/mol. The van der Waals surface area contributed by atoms with Crippen LogP contribution in [0, 0.1) is 21.7 Å². The number of carbonyl (C=O) groups excluding carboxylic acids is 1. The Balaban J connectivity index is 1.78. The molecular formula is C17H14ClF2N3O5S. The Hall–Kier alpha value is -2.63. The molecule has 0 unspecified atom stereocenters. The molecule has 0 bridgehead atoms. The summed E-state index contributed by atoms with van der Waals surface area (Å²) in [6.07, 6.45) is 0. The molecule has 1 heterocycles. The lowest BCUT2D eigenvalue weighted by molar-refractivity contribution is -0.387. The summed E-state index contributed by atoms with van der Waals surface area (Å²) >= 11 is 5.82. The molecule has 2 aromatic rings. The number of rotatable bonds is 4. The van der Waals surface area contributed by atoms with Crippen molar-refractivity contribution < 1.29 is 26.9 Å². The lowest BCUT2D eigenvalue weighted by Gasteiger charge is -2.34. The van der Waals surface area contributed by atoms with E-state index in [-0.39, 0.29) is 36.8 Å². The minimum Gasteiger partial charge on any atom is -0.336 e. The fourth-order valence-electron chi connectivity index (χ4n) is 2.95. The number of para-hydroxylation sites is 1. The Morgan fingerprint density at radius 2 is 1.66 bits per heavy atom. The summed E-state index contributed by atoms with van der Waals surface area (Å²) in [5.74, 6) is -3.08. The predicted molar refractivity (Wildman–Crippen MR) is 99.1 cm³/mol. The Labute approximate surface area is 169 Å². The maximum atomic E-state index is 13.4. The van der Waals surface area contributed by atoms with Crippen LogP contribution in [-0.4, -0.2) is 54.6 Å². The standard InChI is InChI=1S/C17H14ClF2N3O5S/c18-12-10-14(20)13(19)9-11(12)17(24)21-5-7-22(8-6-21)29(27,28)16-4-2-1-3-15(16)23(25)26/h1-4,9-10H,5-8H2. The number of amides is 1. The van der Waals surface area contributed by atoms with Gasteiger partial charge in [0.25, 0.3) is 11.6 Å². The zero-order valence-electron chi connectivity index (χ0n) is 14.7. The zero-order valence-corrected chi connectivity index (χ0v) is 16.3. The number of halogens is 3. The third-order valence-corrected chi connectivity index (χ3v) is 6.70. The Bertz CT molecular complexity index is 1090. The molecule has 1 aliphatic heterocycles. The number of nitro benzene ring substituents is 1. The molecule has 1 amide bonds. The number of nitro groups is 1. The highest BCUT2D eigenvalue weighted by atomic mass is 35.5. The van der Waals surface area contributed by atoms with Gasteiger partial charge in [-0.1, -0.05) is 23.7 Å². The smallest absolute Gasteiger partial charge is 0.289 e. The first-order valence-corrected chi connectivity index (χ1v) is 10.1. The molecule has 8 nitrogen and oxygen atoms in total. The molecule has 0 aliphatic carbocycles. The molecule has 0 N–H and O–H groups in total. The van der Waals surface area contributed by atoms with E-state index in [4.69, 9.17) is 11.6 Å². The molecule has 0 radical (unpaired) electrons. The van der Waals surface area contributed by atoms with E-state index >= 15 is 0 Å². The molecule has 2 aromatic carbocycles. The topological polar surface area (TPSA) is 101 Å². The average molecular weight is 446 g/mol. The van der Waals surface area contributed by atoms with Crippen LogP contribution in [0.3, 0.4) is 0 Å². The van der Waals surface area contributed by atoms with Crippen LogP contribution in [0.2, 0.25) is 5.02 Å². The van der Waals surface area contributed by atoms with Crippen LogP contribution in [0.1, 0.15) is 10.4 Å². The van der Waals surface area contributed by atoms with Crippen LogP contribution < -0.4 is 0 Å². The fourth-order valence-corrected chi connectivity index (χ4v) is 4.76. The van der Waals surface area contributed by atoms with Crippen molar-refractivity contribution in [2.24, 2.45) is 0 Å². The minimum atomic E-state index is -4.15. The minimum absolute atomic E-state index is 0.0476. The zero-order chi connectivity index (χ0) is 21.3. The first kappa shape index (κ1) is 21.1. The Morgan fingerprint density at radius 1 is 1.07 bits per heavy atom. The summed E-state index contributed by atoms with van der Waals surface area (Å²) in [7, 11) is -4.15. The van der Waals surface area contributed by atoms with Gasteiger partial charge in [0.15, 0.2) is 16.5 Å². The van der Waals surface area contributed by atoms with E-state index in [1.165, 1.54) is 17.0 Å². The second-order valence-electron chi connectivity index (χ2n) is 6.17. The summed E-state index contributed by atoms with van der Waals surface area (Å²) in [4.78, 5) is 23.7. The molecule has 154 valence electrons. The van der Waals surface area contributed by atoms with E-state index in [0.717, 1.165) is 16.4 Å². The highest BCUT2D eigenvalue weighted by molar-refractivity contribution is 7.89. The molecular weight excluding hydrogens is 432 g/mol. The first-order chi connectivity index (χ1) is 13.6. The van der Waals surface area contributed by atoms with Gasteiger partial charge in [-0.15, -0.1) is 0 Å². The van der Waals surface area contributed by atoms with E-state index in [9.17, 15) is 32.1 Å². The summed E-state index contributed by atoms with van der Waals surface area (Å²) in [6.45, 7) is -0.342. The van der Waals surface area contributed by atoms with Gasteiger partial charge in [-0.3, -0.25) is 14.9 Å². The second kappa shape index (κ2) is 8.01. The van der Waals surface area contributed by atoms with Gasteiger partial charge in [0, 0.05) is 32.2 Å². The molecule has 0 atom stereocenters. The van der Waals surface area contributed by atoms with Gasteiger partial charge in [-0.2, -0.15) is 4.31 Å². The van der Waals surface area contributed by atoms with Crippen molar-refractivity contribution in [3.63, 3.8) is 0 Å². The summed E-state index contributed by atoms with van der Waals surface area (Å²) in [5, 5.41) is 10.9. The highest BCUT2D eigenvalue weighted by Gasteiger charge is 2.35. The fraction of sp³-hybridized carbons (Fsp3) is 0.235. The Kier molecular flexibility index (Phi) is 5.82. The van der Waals surface area contributed by atoms with Crippen LogP contribution in [-0.2, 0) is 10.0 Å².